The van der Waals surface area contributed by atoms with Crippen LogP contribution in [0.1, 0.15) is 52.2 Å². The maximum absolute atomic E-state index is 12.7. The van der Waals surface area contributed by atoms with Gasteiger partial charge in [0.05, 0.1) is 29.6 Å². The highest BCUT2D eigenvalue weighted by atomic mass is 16.6. The van der Waals surface area contributed by atoms with E-state index in [4.69, 9.17) is 4.74 Å². The maximum atomic E-state index is 12.7. The number of carboxylic acids is 1. The lowest BCUT2D eigenvalue weighted by Crippen LogP contribution is -2.67. The highest BCUT2D eigenvalue weighted by Crippen LogP contribution is 2.49. The van der Waals surface area contributed by atoms with Crippen molar-refractivity contribution in [3.63, 3.8) is 0 Å². The van der Waals surface area contributed by atoms with Crippen LogP contribution in [0.4, 0.5) is 0 Å². The van der Waals surface area contributed by atoms with Gasteiger partial charge in [-0.05, 0) is 51.8 Å². The molecule has 0 radical (unpaired) electrons. The van der Waals surface area contributed by atoms with E-state index in [-0.39, 0.29) is 24.5 Å². The highest BCUT2D eigenvalue weighted by molar-refractivity contribution is 5.72. The number of aliphatic carboxylic acids is 1. The molecule has 2 aliphatic heterocycles. The van der Waals surface area contributed by atoms with Crippen molar-refractivity contribution < 1.29 is 19.4 Å². The van der Waals surface area contributed by atoms with Gasteiger partial charge in [0.1, 0.15) is 5.60 Å². The van der Waals surface area contributed by atoms with Crippen molar-refractivity contribution in [3.8, 4) is 6.07 Å². The zero-order valence-electron chi connectivity index (χ0n) is 21.0. The predicted octanol–water partition coefficient (Wildman–Crippen LogP) is 2.43. The van der Waals surface area contributed by atoms with Crippen LogP contribution >= 0.6 is 0 Å². The molecule has 1 aromatic carbocycles. The number of carbonyl (C=O) groups is 2. The van der Waals surface area contributed by atoms with Crippen LogP contribution in [0.5, 0.6) is 0 Å². The first-order chi connectivity index (χ1) is 16.0. The molecular weight excluding hydrogens is 432 g/mol. The Morgan fingerprint density at radius 2 is 1.85 bits per heavy atom. The van der Waals surface area contributed by atoms with E-state index in [9.17, 15) is 20.0 Å². The van der Waals surface area contributed by atoms with Crippen LogP contribution in [-0.4, -0.2) is 77.8 Å². The molecule has 0 amide bonds. The third kappa shape index (κ3) is 5.43. The van der Waals surface area contributed by atoms with Gasteiger partial charge in [0.2, 0.25) is 0 Å². The molecule has 186 valence electrons. The molecule has 34 heavy (non-hydrogen) atoms. The van der Waals surface area contributed by atoms with Crippen LogP contribution in [0.2, 0.25) is 0 Å². The molecule has 2 aliphatic rings. The number of hydrogen-bond donors (Lipinski definition) is 2. The van der Waals surface area contributed by atoms with Crippen molar-refractivity contribution in [2.45, 2.75) is 58.2 Å². The fraction of sp³-hybridized carbons (Fsp3) is 0.654. The maximum Gasteiger partial charge on any atom is 0.320 e. The molecule has 2 N–H and O–H groups in total. The number of likely N-dealkylation sites (tertiary alicyclic amines) is 1. The molecule has 0 saturated carbocycles. The largest absolute Gasteiger partial charge is 0.481 e. The number of carbonyl (C=O) groups excluding carboxylic acids is 1. The van der Waals surface area contributed by atoms with Gasteiger partial charge < -0.3 is 15.2 Å². The first-order valence-electron chi connectivity index (χ1n) is 12.1. The Morgan fingerprint density at radius 1 is 1.24 bits per heavy atom. The number of nitrogens with zero attached hydrogens (tertiary/aromatic N) is 3. The van der Waals surface area contributed by atoms with Crippen molar-refractivity contribution >= 4 is 11.9 Å². The van der Waals surface area contributed by atoms with Gasteiger partial charge in [-0.3, -0.25) is 19.4 Å². The molecule has 0 aliphatic carbocycles. The second-order valence-corrected chi connectivity index (χ2v) is 10.6. The van der Waals surface area contributed by atoms with Crippen molar-refractivity contribution in [1.29, 1.82) is 5.26 Å². The number of esters is 1. The molecular formula is C26H38N4O4. The van der Waals surface area contributed by atoms with Crippen molar-refractivity contribution in [3.05, 3.63) is 35.4 Å². The number of carboxylic acid groups (broad SMARTS) is 1. The zero-order valence-corrected chi connectivity index (χ0v) is 21.0. The van der Waals surface area contributed by atoms with Crippen molar-refractivity contribution in [2.24, 2.45) is 11.8 Å². The topological polar surface area (TPSA) is 106 Å². The summed E-state index contributed by atoms with van der Waals surface area (Å²) >= 11 is 0. The Morgan fingerprint density at radius 3 is 2.38 bits per heavy atom. The van der Waals surface area contributed by atoms with Gasteiger partial charge in [-0.2, -0.15) is 5.26 Å². The van der Waals surface area contributed by atoms with Crippen molar-refractivity contribution in [2.75, 3.05) is 39.3 Å². The van der Waals surface area contributed by atoms with Gasteiger partial charge >= 0.3 is 11.9 Å². The van der Waals surface area contributed by atoms with Crippen LogP contribution in [0, 0.1) is 23.2 Å². The van der Waals surface area contributed by atoms with Crippen LogP contribution in [0.25, 0.3) is 0 Å². The zero-order chi connectivity index (χ0) is 25.1. The third-order valence-electron chi connectivity index (χ3n) is 7.30. The van der Waals surface area contributed by atoms with E-state index in [2.05, 4.69) is 21.2 Å². The number of piperazine rings is 1. The molecule has 0 aromatic heterocycles. The Hall–Kier alpha value is -2.47. The van der Waals surface area contributed by atoms with Gasteiger partial charge in [-0.1, -0.05) is 19.1 Å². The van der Waals surface area contributed by atoms with Crippen LogP contribution in [0.15, 0.2) is 24.3 Å². The van der Waals surface area contributed by atoms with Gasteiger partial charge in [-0.25, -0.2) is 0 Å². The van der Waals surface area contributed by atoms with E-state index >= 15 is 0 Å². The summed E-state index contributed by atoms with van der Waals surface area (Å²) < 4.78 is 5.56. The second-order valence-electron chi connectivity index (χ2n) is 10.6. The van der Waals surface area contributed by atoms with Crippen LogP contribution in [-0.2, 0) is 19.9 Å². The molecule has 2 fully saturated rings. The van der Waals surface area contributed by atoms with E-state index in [1.165, 1.54) is 0 Å². The Bertz CT molecular complexity index is 914. The molecule has 4 unspecified atom stereocenters. The summed E-state index contributed by atoms with van der Waals surface area (Å²) in [4.78, 5) is 29.5. The standard InChI is InChI=1S/C26H38N4O4/c1-18(24(32)33)23-19(2)29(17-22(31)34-25(3,4)5)13-10-26(23,30-14-11-28-12-15-30)21-8-6-20(16-27)7-9-21/h6-9,18-19,23,28H,10-15,17H2,1-5H3,(H,32,33). The molecule has 0 spiro atoms. The number of benzene rings is 1. The van der Waals surface area contributed by atoms with E-state index in [1.807, 2.05) is 52.0 Å². The molecule has 3 rings (SSSR count). The van der Waals surface area contributed by atoms with Crippen molar-refractivity contribution in [1.82, 2.24) is 15.1 Å². The summed E-state index contributed by atoms with van der Waals surface area (Å²) in [7, 11) is 0. The predicted molar refractivity (Wildman–Crippen MR) is 129 cm³/mol. The first kappa shape index (κ1) is 26.1. The fourth-order valence-corrected chi connectivity index (χ4v) is 5.84. The first-order valence-corrected chi connectivity index (χ1v) is 12.1. The molecule has 8 heteroatoms. The molecule has 8 nitrogen and oxygen atoms in total. The lowest BCUT2D eigenvalue weighted by Gasteiger charge is -2.58. The second kappa shape index (κ2) is 10.4. The minimum absolute atomic E-state index is 0.131. The summed E-state index contributed by atoms with van der Waals surface area (Å²) in [6.45, 7) is 13.4. The quantitative estimate of drug-likeness (QED) is 0.611. The SMILES string of the molecule is CC(C(=O)O)C1C(C)N(CC(=O)OC(C)(C)C)CCC1(c1ccc(C#N)cc1)N1CCNCC1. The third-order valence-corrected chi connectivity index (χ3v) is 7.30. The number of hydrogen-bond acceptors (Lipinski definition) is 7. The van der Waals surface area contributed by atoms with E-state index < -0.39 is 23.0 Å². The average molecular weight is 471 g/mol. The summed E-state index contributed by atoms with van der Waals surface area (Å²) in [6.07, 6.45) is 0.689. The number of nitriles is 1. The Labute approximate surface area is 202 Å². The molecule has 1 aromatic rings. The summed E-state index contributed by atoms with van der Waals surface area (Å²) in [5.74, 6) is -2.05. The number of rotatable bonds is 6. The average Bonchev–Trinajstić information content (AvgIpc) is 2.79. The number of ether oxygens (including phenoxy) is 1. The lowest BCUT2D eigenvalue weighted by atomic mass is 9.63. The smallest absolute Gasteiger partial charge is 0.320 e. The fourth-order valence-electron chi connectivity index (χ4n) is 5.84. The van der Waals surface area contributed by atoms with Gasteiger partial charge in [0, 0.05) is 44.7 Å². The normalized spacial score (nSPS) is 27.5. The molecule has 0 bridgehead atoms. The van der Waals surface area contributed by atoms with E-state index in [1.54, 1.807) is 6.92 Å². The molecule has 2 saturated heterocycles. The molecule has 4 atom stereocenters. The summed E-state index contributed by atoms with van der Waals surface area (Å²) in [6, 6.07) is 9.62. The van der Waals surface area contributed by atoms with Gasteiger partial charge in [0.25, 0.3) is 0 Å². The van der Waals surface area contributed by atoms with E-state index in [0.29, 0.717) is 18.5 Å². The Kier molecular flexibility index (Phi) is 8.02. The van der Waals surface area contributed by atoms with Crippen LogP contribution < -0.4 is 5.32 Å². The molecule has 2 heterocycles. The van der Waals surface area contributed by atoms with Gasteiger partial charge in [-0.15, -0.1) is 0 Å². The highest BCUT2D eigenvalue weighted by Gasteiger charge is 2.55. The summed E-state index contributed by atoms with van der Waals surface area (Å²) in [5, 5.41) is 22.9. The monoisotopic (exact) mass is 470 g/mol. The van der Waals surface area contributed by atoms with Gasteiger partial charge in [0.15, 0.2) is 0 Å². The number of piperidine rings is 1. The Balaban J connectivity index is 2.05. The lowest BCUT2D eigenvalue weighted by molar-refractivity contribution is -0.162. The van der Waals surface area contributed by atoms with Crippen LogP contribution in [0.3, 0.4) is 0 Å². The summed E-state index contributed by atoms with van der Waals surface area (Å²) in [5.41, 5.74) is 0.530. The number of nitrogens with one attached hydrogen (secondary N) is 1. The minimum Gasteiger partial charge on any atom is -0.481 e. The minimum atomic E-state index is -0.843. The van der Waals surface area contributed by atoms with E-state index in [0.717, 1.165) is 31.7 Å².